The highest BCUT2D eigenvalue weighted by molar-refractivity contribution is 5.77. The third kappa shape index (κ3) is 4.61. The van der Waals surface area contributed by atoms with Gasteiger partial charge in [-0.15, -0.1) is 0 Å². The number of carboxylic acid groups (broad SMARTS) is 1. The van der Waals surface area contributed by atoms with Crippen molar-refractivity contribution in [1.29, 1.82) is 0 Å². The van der Waals surface area contributed by atoms with E-state index in [9.17, 15) is 9.59 Å². The lowest BCUT2D eigenvalue weighted by Gasteiger charge is -2.24. The maximum absolute atomic E-state index is 11.7. The number of hydrogen-bond acceptors (Lipinski definition) is 3. The SMILES string of the molecule is CN(CCC(=O)O)C(=O)CC1CCNCC1. The standard InChI is InChI=1S/C11H20N2O3/c1-13(7-4-11(15)16)10(14)8-9-2-5-12-6-3-9/h9,12H,2-8H2,1H3,(H,15,16). The molecule has 0 atom stereocenters. The van der Waals surface area contributed by atoms with E-state index in [0.717, 1.165) is 25.9 Å². The summed E-state index contributed by atoms with van der Waals surface area (Å²) in [5.74, 6) is -0.337. The van der Waals surface area contributed by atoms with Gasteiger partial charge in [0.1, 0.15) is 0 Å². The number of rotatable bonds is 5. The van der Waals surface area contributed by atoms with Gasteiger partial charge in [0, 0.05) is 20.0 Å². The number of carbonyl (C=O) groups excluding carboxylic acids is 1. The molecule has 1 saturated heterocycles. The van der Waals surface area contributed by atoms with E-state index in [0.29, 0.717) is 18.9 Å². The third-order valence-electron chi connectivity index (χ3n) is 3.01. The van der Waals surface area contributed by atoms with Crippen molar-refractivity contribution in [3.05, 3.63) is 0 Å². The lowest BCUT2D eigenvalue weighted by molar-refractivity contribution is -0.138. The first-order chi connectivity index (χ1) is 7.59. The van der Waals surface area contributed by atoms with E-state index in [1.54, 1.807) is 7.05 Å². The molecule has 0 spiro atoms. The molecule has 16 heavy (non-hydrogen) atoms. The molecule has 1 aliphatic heterocycles. The Morgan fingerprint density at radius 2 is 2.00 bits per heavy atom. The summed E-state index contributed by atoms with van der Waals surface area (Å²) in [4.78, 5) is 23.6. The molecule has 1 fully saturated rings. The van der Waals surface area contributed by atoms with Crippen molar-refractivity contribution >= 4 is 11.9 Å². The third-order valence-corrected chi connectivity index (χ3v) is 3.01. The van der Waals surface area contributed by atoms with Gasteiger partial charge in [0.25, 0.3) is 0 Å². The van der Waals surface area contributed by atoms with Gasteiger partial charge in [0.15, 0.2) is 0 Å². The fourth-order valence-corrected chi connectivity index (χ4v) is 1.88. The van der Waals surface area contributed by atoms with Gasteiger partial charge in [0.05, 0.1) is 6.42 Å². The summed E-state index contributed by atoms with van der Waals surface area (Å²) >= 11 is 0. The largest absolute Gasteiger partial charge is 0.481 e. The maximum Gasteiger partial charge on any atom is 0.305 e. The van der Waals surface area contributed by atoms with Crippen LogP contribution in [0.5, 0.6) is 0 Å². The Morgan fingerprint density at radius 3 is 2.56 bits per heavy atom. The van der Waals surface area contributed by atoms with Crippen LogP contribution in [0.2, 0.25) is 0 Å². The van der Waals surface area contributed by atoms with Gasteiger partial charge in [-0.1, -0.05) is 0 Å². The van der Waals surface area contributed by atoms with Crippen LogP contribution in [0, 0.1) is 5.92 Å². The number of nitrogens with one attached hydrogen (secondary N) is 1. The van der Waals surface area contributed by atoms with Crippen molar-refractivity contribution < 1.29 is 14.7 Å². The van der Waals surface area contributed by atoms with Gasteiger partial charge < -0.3 is 15.3 Å². The van der Waals surface area contributed by atoms with Gasteiger partial charge >= 0.3 is 5.97 Å². The van der Waals surface area contributed by atoms with E-state index in [1.165, 1.54) is 4.90 Å². The van der Waals surface area contributed by atoms with E-state index < -0.39 is 5.97 Å². The Balaban J connectivity index is 2.24. The highest BCUT2D eigenvalue weighted by atomic mass is 16.4. The summed E-state index contributed by atoms with van der Waals surface area (Å²) < 4.78 is 0. The van der Waals surface area contributed by atoms with Gasteiger partial charge in [-0.25, -0.2) is 0 Å². The molecular formula is C11H20N2O3. The Bertz CT molecular complexity index is 250. The minimum absolute atomic E-state index is 0.0223. The van der Waals surface area contributed by atoms with Crippen molar-refractivity contribution in [2.45, 2.75) is 25.7 Å². The quantitative estimate of drug-likeness (QED) is 0.710. The zero-order valence-corrected chi connectivity index (χ0v) is 9.74. The minimum Gasteiger partial charge on any atom is -0.481 e. The predicted octanol–water partition coefficient (Wildman–Crippen LogP) is 0.309. The summed E-state index contributed by atoms with van der Waals surface area (Å²) in [6, 6.07) is 0. The monoisotopic (exact) mass is 228 g/mol. The van der Waals surface area contributed by atoms with Crippen molar-refractivity contribution in [3.8, 4) is 0 Å². The van der Waals surface area contributed by atoms with E-state index in [-0.39, 0.29) is 12.3 Å². The van der Waals surface area contributed by atoms with Crippen LogP contribution >= 0.6 is 0 Å². The van der Waals surface area contributed by atoms with E-state index in [2.05, 4.69) is 5.32 Å². The second-order valence-corrected chi connectivity index (χ2v) is 4.36. The predicted molar refractivity (Wildman–Crippen MR) is 60.1 cm³/mol. The number of carbonyl (C=O) groups is 2. The molecule has 0 aromatic rings. The molecule has 1 aliphatic rings. The molecule has 5 nitrogen and oxygen atoms in total. The van der Waals surface area contributed by atoms with Crippen LogP contribution < -0.4 is 5.32 Å². The number of piperidine rings is 1. The first-order valence-corrected chi connectivity index (χ1v) is 5.76. The van der Waals surface area contributed by atoms with Crippen LogP contribution in [0.15, 0.2) is 0 Å². The summed E-state index contributed by atoms with van der Waals surface area (Å²) in [5, 5.41) is 11.8. The second-order valence-electron chi connectivity index (χ2n) is 4.36. The Labute approximate surface area is 95.8 Å². The number of amides is 1. The molecule has 1 amide bonds. The van der Waals surface area contributed by atoms with Crippen LogP contribution in [-0.4, -0.2) is 48.6 Å². The van der Waals surface area contributed by atoms with Gasteiger partial charge in [0.2, 0.25) is 5.91 Å². The Morgan fingerprint density at radius 1 is 1.38 bits per heavy atom. The van der Waals surface area contributed by atoms with E-state index in [4.69, 9.17) is 5.11 Å². The lowest BCUT2D eigenvalue weighted by atomic mass is 9.94. The Hall–Kier alpha value is -1.10. The smallest absolute Gasteiger partial charge is 0.305 e. The number of hydrogen-bond donors (Lipinski definition) is 2. The topological polar surface area (TPSA) is 69.6 Å². The van der Waals surface area contributed by atoms with Crippen LogP contribution in [0.1, 0.15) is 25.7 Å². The average Bonchev–Trinajstić information content (AvgIpc) is 2.27. The van der Waals surface area contributed by atoms with Crippen LogP contribution in [0.3, 0.4) is 0 Å². The summed E-state index contributed by atoms with van der Waals surface area (Å²) in [7, 11) is 1.67. The molecule has 0 bridgehead atoms. The van der Waals surface area contributed by atoms with E-state index >= 15 is 0 Å². The lowest BCUT2D eigenvalue weighted by Crippen LogP contribution is -2.34. The highest BCUT2D eigenvalue weighted by Crippen LogP contribution is 2.16. The summed E-state index contributed by atoms with van der Waals surface area (Å²) in [6.07, 6.45) is 2.66. The number of carboxylic acids is 1. The molecule has 92 valence electrons. The van der Waals surface area contributed by atoms with E-state index in [1.807, 2.05) is 0 Å². The van der Waals surface area contributed by atoms with Crippen molar-refractivity contribution in [2.24, 2.45) is 5.92 Å². The van der Waals surface area contributed by atoms with Gasteiger partial charge in [-0.2, -0.15) is 0 Å². The van der Waals surface area contributed by atoms with Crippen LogP contribution in [-0.2, 0) is 9.59 Å². The highest BCUT2D eigenvalue weighted by Gasteiger charge is 2.19. The number of nitrogens with zero attached hydrogens (tertiary/aromatic N) is 1. The van der Waals surface area contributed by atoms with Gasteiger partial charge in [-0.05, 0) is 31.8 Å². The molecule has 0 aromatic carbocycles. The van der Waals surface area contributed by atoms with Crippen molar-refractivity contribution in [3.63, 3.8) is 0 Å². The summed E-state index contributed by atoms with van der Waals surface area (Å²) in [5.41, 5.74) is 0. The zero-order valence-electron chi connectivity index (χ0n) is 9.74. The molecule has 0 aromatic heterocycles. The molecule has 5 heteroatoms. The first-order valence-electron chi connectivity index (χ1n) is 5.76. The summed E-state index contributed by atoms with van der Waals surface area (Å²) in [6.45, 7) is 2.27. The van der Waals surface area contributed by atoms with Crippen LogP contribution in [0.25, 0.3) is 0 Å². The van der Waals surface area contributed by atoms with Crippen molar-refractivity contribution in [2.75, 3.05) is 26.7 Å². The Kier molecular flexibility index (Phi) is 5.25. The molecule has 1 rings (SSSR count). The second kappa shape index (κ2) is 6.48. The normalized spacial score (nSPS) is 17.1. The number of aliphatic carboxylic acids is 1. The minimum atomic E-state index is -0.860. The first kappa shape index (κ1) is 13.0. The molecule has 0 unspecified atom stereocenters. The molecular weight excluding hydrogens is 208 g/mol. The fraction of sp³-hybridized carbons (Fsp3) is 0.818. The molecule has 0 saturated carbocycles. The molecule has 0 aliphatic carbocycles. The zero-order chi connectivity index (χ0) is 12.0. The molecule has 1 heterocycles. The average molecular weight is 228 g/mol. The van der Waals surface area contributed by atoms with Crippen LogP contribution in [0.4, 0.5) is 0 Å². The molecule has 2 N–H and O–H groups in total. The molecule has 0 radical (unpaired) electrons. The van der Waals surface area contributed by atoms with Crippen molar-refractivity contribution in [1.82, 2.24) is 10.2 Å². The van der Waals surface area contributed by atoms with Gasteiger partial charge in [-0.3, -0.25) is 9.59 Å². The fourth-order valence-electron chi connectivity index (χ4n) is 1.88. The maximum atomic E-state index is 11.7.